The maximum Gasteiger partial charge on any atom is 0.358 e. The molecule has 1 aromatic heterocycles. The Labute approximate surface area is 124 Å². The molecular weight excluding hydrogens is 319 g/mol. The van der Waals surface area contributed by atoms with Crippen molar-refractivity contribution in [1.29, 1.82) is 0 Å². The predicted octanol–water partition coefficient (Wildman–Crippen LogP) is 2.18. The summed E-state index contributed by atoms with van der Waals surface area (Å²) in [6.07, 6.45) is 0. The number of benzene rings is 1. The number of rotatable bonds is 4. The lowest BCUT2D eigenvalue weighted by atomic mass is 10.2. The Morgan fingerprint density at radius 2 is 2.14 bits per heavy atom. The van der Waals surface area contributed by atoms with Crippen LogP contribution in [0.3, 0.4) is 0 Å². The second-order valence-electron chi connectivity index (χ2n) is 4.05. The number of carbonyl (C=O) groups excluding carboxylic acids is 1. The second kappa shape index (κ2) is 5.78. The van der Waals surface area contributed by atoms with Gasteiger partial charge in [-0.2, -0.15) is 0 Å². The van der Waals surface area contributed by atoms with Crippen molar-refractivity contribution in [2.45, 2.75) is 11.1 Å². The quantitative estimate of drug-likeness (QED) is 0.869. The van der Waals surface area contributed by atoms with Gasteiger partial charge in [0.15, 0.2) is 9.90 Å². The SMILES string of the molecule is COC(=O)c1ncsc1S(=O)(=O)Nc1ccc(C)c(F)c1. The van der Waals surface area contributed by atoms with Gasteiger partial charge in [-0.3, -0.25) is 4.72 Å². The zero-order chi connectivity index (χ0) is 15.6. The van der Waals surface area contributed by atoms with Gasteiger partial charge in [-0.05, 0) is 24.6 Å². The first-order valence-electron chi connectivity index (χ1n) is 5.66. The van der Waals surface area contributed by atoms with Crippen molar-refractivity contribution in [2.24, 2.45) is 0 Å². The number of aromatic nitrogens is 1. The summed E-state index contributed by atoms with van der Waals surface area (Å²) in [5.74, 6) is -1.39. The van der Waals surface area contributed by atoms with E-state index in [0.29, 0.717) is 5.56 Å². The van der Waals surface area contributed by atoms with E-state index in [1.54, 1.807) is 6.92 Å². The highest BCUT2D eigenvalue weighted by Crippen LogP contribution is 2.24. The summed E-state index contributed by atoms with van der Waals surface area (Å²) in [4.78, 5) is 15.1. The fraction of sp³-hybridized carbons (Fsp3) is 0.167. The first-order chi connectivity index (χ1) is 9.85. The van der Waals surface area contributed by atoms with E-state index in [9.17, 15) is 17.6 Å². The van der Waals surface area contributed by atoms with Crippen LogP contribution in [0.1, 0.15) is 16.1 Å². The predicted molar refractivity (Wildman–Crippen MR) is 75.4 cm³/mol. The molecule has 0 aliphatic rings. The number of thiazole rings is 1. The van der Waals surface area contributed by atoms with Crippen molar-refractivity contribution in [3.63, 3.8) is 0 Å². The molecule has 0 radical (unpaired) electrons. The van der Waals surface area contributed by atoms with E-state index in [2.05, 4.69) is 14.4 Å². The van der Waals surface area contributed by atoms with Gasteiger partial charge in [-0.15, -0.1) is 11.3 Å². The zero-order valence-corrected chi connectivity index (χ0v) is 12.7. The Balaban J connectivity index is 2.37. The first-order valence-corrected chi connectivity index (χ1v) is 8.02. The van der Waals surface area contributed by atoms with Crippen LogP contribution < -0.4 is 4.72 Å². The van der Waals surface area contributed by atoms with Crippen molar-refractivity contribution in [2.75, 3.05) is 11.8 Å². The Bertz CT molecular complexity index is 786. The molecule has 112 valence electrons. The monoisotopic (exact) mass is 330 g/mol. The highest BCUT2D eigenvalue weighted by Gasteiger charge is 2.26. The molecule has 0 atom stereocenters. The van der Waals surface area contributed by atoms with Crippen LogP contribution in [0.15, 0.2) is 27.9 Å². The normalized spacial score (nSPS) is 11.2. The van der Waals surface area contributed by atoms with Crippen molar-refractivity contribution in [3.05, 3.63) is 40.8 Å². The zero-order valence-electron chi connectivity index (χ0n) is 11.1. The van der Waals surface area contributed by atoms with E-state index < -0.39 is 21.8 Å². The number of aryl methyl sites for hydroxylation is 1. The van der Waals surface area contributed by atoms with Gasteiger partial charge in [0.2, 0.25) is 0 Å². The standard InChI is InChI=1S/C12H11FN2O4S2/c1-7-3-4-8(5-9(7)13)15-21(17,18)12-10(11(16)19-2)14-6-20-12/h3-6,15H,1-2H3. The van der Waals surface area contributed by atoms with Gasteiger partial charge in [0.05, 0.1) is 18.3 Å². The lowest BCUT2D eigenvalue weighted by Gasteiger charge is -2.08. The van der Waals surface area contributed by atoms with Gasteiger partial charge in [-0.1, -0.05) is 6.07 Å². The highest BCUT2D eigenvalue weighted by atomic mass is 32.2. The van der Waals surface area contributed by atoms with Gasteiger partial charge in [0, 0.05) is 0 Å². The molecular formula is C12H11FN2O4S2. The lowest BCUT2D eigenvalue weighted by molar-refractivity contribution is 0.0590. The topological polar surface area (TPSA) is 85.4 Å². The first kappa shape index (κ1) is 15.4. The molecule has 2 aromatic rings. The third-order valence-electron chi connectivity index (χ3n) is 2.58. The summed E-state index contributed by atoms with van der Waals surface area (Å²) in [5.41, 5.74) is 1.37. The fourth-order valence-electron chi connectivity index (χ4n) is 1.52. The largest absolute Gasteiger partial charge is 0.464 e. The van der Waals surface area contributed by atoms with E-state index in [1.165, 1.54) is 17.6 Å². The molecule has 9 heteroatoms. The Morgan fingerprint density at radius 3 is 2.76 bits per heavy atom. The van der Waals surface area contributed by atoms with Crippen molar-refractivity contribution < 1.29 is 22.3 Å². The molecule has 0 aliphatic carbocycles. The van der Waals surface area contributed by atoms with E-state index in [1.807, 2.05) is 0 Å². The maximum absolute atomic E-state index is 13.4. The van der Waals surface area contributed by atoms with Gasteiger partial charge < -0.3 is 4.74 Å². The third-order valence-corrected chi connectivity index (χ3v) is 5.33. The minimum absolute atomic E-state index is 0.0577. The Hall–Kier alpha value is -2.00. The number of anilines is 1. The molecule has 1 aromatic carbocycles. The van der Waals surface area contributed by atoms with Crippen LogP contribution in [0, 0.1) is 12.7 Å². The lowest BCUT2D eigenvalue weighted by Crippen LogP contribution is -2.16. The van der Waals surface area contributed by atoms with Crippen LogP contribution >= 0.6 is 11.3 Å². The number of hydrogen-bond acceptors (Lipinski definition) is 6. The average Bonchev–Trinajstić information content (AvgIpc) is 2.92. The summed E-state index contributed by atoms with van der Waals surface area (Å²) in [6, 6.07) is 3.93. The maximum atomic E-state index is 13.4. The number of halogens is 1. The molecule has 0 fully saturated rings. The minimum atomic E-state index is -4.05. The number of sulfonamides is 1. The van der Waals surface area contributed by atoms with Gasteiger partial charge >= 0.3 is 5.97 Å². The Morgan fingerprint density at radius 1 is 1.43 bits per heavy atom. The fourth-order valence-corrected chi connectivity index (χ4v) is 3.70. The summed E-state index contributed by atoms with van der Waals surface area (Å²) >= 11 is 0.771. The van der Waals surface area contributed by atoms with E-state index in [-0.39, 0.29) is 15.6 Å². The summed E-state index contributed by atoms with van der Waals surface area (Å²) in [6.45, 7) is 1.56. The summed E-state index contributed by atoms with van der Waals surface area (Å²) in [5, 5.41) is 0. The van der Waals surface area contributed by atoms with Gasteiger partial charge in [0.25, 0.3) is 10.0 Å². The van der Waals surface area contributed by atoms with Crippen LogP contribution in [0.4, 0.5) is 10.1 Å². The van der Waals surface area contributed by atoms with E-state index in [0.717, 1.165) is 24.5 Å². The summed E-state index contributed by atoms with van der Waals surface area (Å²) in [7, 11) is -2.92. The number of esters is 1. The molecule has 0 unspecified atom stereocenters. The number of nitrogens with one attached hydrogen (secondary N) is 1. The minimum Gasteiger partial charge on any atom is -0.464 e. The van der Waals surface area contributed by atoms with Crippen molar-refractivity contribution in [3.8, 4) is 0 Å². The molecule has 2 rings (SSSR count). The highest BCUT2D eigenvalue weighted by molar-refractivity contribution is 7.94. The van der Waals surface area contributed by atoms with E-state index in [4.69, 9.17) is 0 Å². The molecule has 0 bridgehead atoms. The number of methoxy groups -OCH3 is 1. The van der Waals surface area contributed by atoms with Crippen LogP contribution in [0.2, 0.25) is 0 Å². The smallest absolute Gasteiger partial charge is 0.358 e. The van der Waals surface area contributed by atoms with Gasteiger partial charge in [0.1, 0.15) is 5.82 Å². The number of hydrogen-bond donors (Lipinski definition) is 1. The average molecular weight is 330 g/mol. The molecule has 0 saturated heterocycles. The van der Waals surface area contributed by atoms with Crippen LogP contribution in [0.25, 0.3) is 0 Å². The van der Waals surface area contributed by atoms with Crippen LogP contribution in [0.5, 0.6) is 0 Å². The molecule has 0 amide bonds. The summed E-state index contributed by atoms with van der Waals surface area (Å²) < 4.78 is 44.3. The van der Waals surface area contributed by atoms with Crippen molar-refractivity contribution in [1.82, 2.24) is 4.98 Å². The van der Waals surface area contributed by atoms with Crippen molar-refractivity contribution >= 4 is 33.0 Å². The molecule has 1 N–H and O–H groups in total. The van der Waals surface area contributed by atoms with Crippen LogP contribution in [-0.4, -0.2) is 26.5 Å². The number of ether oxygens (including phenoxy) is 1. The second-order valence-corrected chi connectivity index (χ2v) is 6.78. The molecule has 6 nitrogen and oxygen atoms in total. The third kappa shape index (κ3) is 3.19. The molecule has 0 saturated carbocycles. The van der Waals surface area contributed by atoms with E-state index >= 15 is 0 Å². The van der Waals surface area contributed by atoms with Crippen LogP contribution in [-0.2, 0) is 14.8 Å². The number of carbonyl (C=O) groups is 1. The van der Waals surface area contributed by atoms with Gasteiger partial charge in [-0.25, -0.2) is 22.6 Å². The molecule has 21 heavy (non-hydrogen) atoms. The molecule has 0 aliphatic heterocycles. The molecule has 1 heterocycles. The Kier molecular flexibility index (Phi) is 4.24. The number of nitrogens with zero attached hydrogens (tertiary/aromatic N) is 1. The molecule has 0 spiro atoms.